The highest BCUT2D eigenvalue weighted by Crippen LogP contribution is 2.17. The minimum atomic E-state index is -1.05. The van der Waals surface area contributed by atoms with Gasteiger partial charge in [-0.15, -0.1) is 0 Å². The number of esters is 1. The van der Waals surface area contributed by atoms with Gasteiger partial charge in [-0.2, -0.15) is 0 Å². The number of nitrogens with one attached hydrogen (secondary N) is 1. The van der Waals surface area contributed by atoms with Gasteiger partial charge in [-0.1, -0.05) is 30.3 Å². The molecule has 0 atom stereocenters. The predicted molar refractivity (Wildman–Crippen MR) is 102 cm³/mol. The molecular weight excluding hydrogens is 380 g/mol. The zero-order chi connectivity index (χ0) is 20.6. The molecule has 1 amide bonds. The normalized spacial score (nSPS) is 10.3. The molecule has 0 aliphatic rings. The molecule has 0 bridgehead atoms. The van der Waals surface area contributed by atoms with E-state index in [4.69, 9.17) is 9.47 Å². The van der Waals surface area contributed by atoms with Crippen LogP contribution in [0.15, 0.2) is 72.8 Å². The Hall–Kier alpha value is -3.74. The average molecular weight is 397 g/mol. The second-order valence-electron chi connectivity index (χ2n) is 6.05. The van der Waals surface area contributed by atoms with Crippen molar-refractivity contribution < 1.29 is 27.8 Å². The van der Waals surface area contributed by atoms with Gasteiger partial charge >= 0.3 is 5.97 Å². The van der Waals surface area contributed by atoms with Crippen molar-refractivity contribution in [3.8, 4) is 5.75 Å². The molecular formula is C22H17F2NO4. The maximum Gasteiger partial charge on any atom is 0.341 e. The van der Waals surface area contributed by atoms with Gasteiger partial charge in [0.05, 0.1) is 5.56 Å². The standard InChI is InChI=1S/C22H17F2NO4/c23-16-6-11-19(20(24)12-16)22(27)29-14-21(26)25-17-7-9-18(10-8-17)28-13-15-4-2-1-3-5-15/h1-12H,13-14H2,(H,25,26). The largest absolute Gasteiger partial charge is 0.489 e. The fraction of sp³-hybridized carbons (Fsp3) is 0.0909. The lowest BCUT2D eigenvalue weighted by molar-refractivity contribution is -0.119. The van der Waals surface area contributed by atoms with Crippen LogP contribution in [-0.4, -0.2) is 18.5 Å². The van der Waals surface area contributed by atoms with E-state index < -0.39 is 35.7 Å². The summed E-state index contributed by atoms with van der Waals surface area (Å²) < 4.78 is 36.8. The molecule has 0 saturated heterocycles. The molecule has 0 fully saturated rings. The molecule has 7 heteroatoms. The zero-order valence-electron chi connectivity index (χ0n) is 15.2. The molecule has 3 rings (SSSR count). The number of hydrogen-bond acceptors (Lipinski definition) is 4. The topological polar surface area (TPSA) is 64.6 Å². The molecule has 0 aromatic heterocycles. The third-order valence-electron chi connectivity index (χ3n) is 3.87. The van der Waals surface area contributed by atoms with Gasteiger partial charge in [-0.3, -0.25) is 4.79 Å². The Morgan fingerprint density at radius 1 is 0.897 bits per heavy atom. The number of rotatable bonds is 7. The minimum Gasteiger partial charge on any atom is -0.489 e. The Morgan fingerprint density at radius 2 is 1.62 bits per heavy atom. The Bertz CT molecular complexity index is 991. The number of benzene rings is 3. The van der Waals surface area contributed by atoms with Gasteiger partial charge in [0.1, 0.15) is 24.0 Å². The van der Waals surface area contributed by atoms with Gasteiger partial charge in [0.25, 0.3) is 5.91 Å². The SMILES string of the molecule is O=C(COC(=O)c1ccc(F)cc1F)Nc1ccc(OCc2ccccc2)cc1. The Kier molecular flexibility index (Phi) is 6.52. The molecule has 0 aliphatic heterocycles. The smallest absolute Gasteiger partial charge is 0.341 e. The quantitative estimate of drug-likeness (QED) is 0.603. The molecule has 3 aromatic carbocycles. The van der Waals surface area contributed by atoms with Crippen molar-refractivity contribution in [2.75, 3.05) is 11.9 Å². The van der Waals surface area contributed by atoms with Crippen LogP contribution in [0.5, 0.6) is 5.75 Å². The molecule has 0 radical (unpaired) electrons. The summed E-state index contributed by atoms with van der Waals surface area (Å²) in [5.41, 5.74) is 1.06. The van der Waals surface area contributed by atoms with Gasteiger partial charge in [0.2, 0.25) is 0 Å². The Balaban J connectivity index is 1.47. The van der Waals surface area contributed by atoms with E-state index >= 15 is 0 Å². The van der Waals surface area contributed by atoms with Crippen LogP contribution >= 0.6 is 0 Å². The molecule has 148 valence electrons. The summed E-state index contributed by atoms with van der Waals surface area (Å²) in [6.07, 6.45) is 0. The summed E-state index contributed by atoms with van der Waals surface area (Å²) in [6, 6.07) is 18.8. The van der Waals surface area contributed by atoms with Crippen molar-refractivity contribution in [2.45, 2.75) is 6.61 Å². The maximum absolute atomic E-state index is 13.5. The van der Waals surface area contributed by atoms with E-state index in [1.165, 1.54) is 0 Å². The van der Waals surface area contributed by atoms with Crippen molar-refractivity contribution in [2.24, 2.45) is 0 Å². The van der Waals surface area contributed by atoms with Crippen molar-refractivity contribution in [3.63, 3.8) is 0 Å². The lowest BCUT2D eigenvalue weighted by atomic mass is 10.2. The van der Waals surface area contributed by atoms with E-state index in [0.717, 1.165) is 17.7 Å². The first-order valence-corrected chi connectivity index (χ1v) is 8.70. The number of amides is 1. The fourth-order valence-corrected chi connectivity index (χ4v) is 2.44. The van der Waals surface area contributed by atoms with E-state index in [9.17, 15) is 18.4 Å². The van der Waals surface area contributed by atoms with E-state index in [-0.39, 0.29) is 0 Å². The van der Waals surface area contributed by atoms with Crippen LogP contribution in [-0.2, 0) is 16.1 Å². The average Bonchev–Trinajstić information content (AvgIpc) is 2.72. The van der Waals surface area contributed by atoms with Crippen LogP contribution in [0.25, 0.3) is 0 Å². The van der Waals surface area contributed by atoms with Gasteiger partial charge in [-0.25, -0.2) is 13.6 Å². The number of ether oxygens (including phenoxy) is 2. The molecule has 29 heavy (non-hydrogen) atoms. The van der Waals surface area contributed by atoms with E-state index in [0.29, 0.717) is 24.1 Å². The van der Waals surface area contributed by atoms with Gasteiger partial charge < -0.3 is 14.8 Å². The van der Waals surface area contributed by atoms with Crippen LogP contribution in [0.4, 0.5) is 14.5 Å². The molecule has 3 aromatic rings. The lowest BCUT2D eigenvalue weighted by Crippen LogP contribution is -2.21. The van der Waals surface area contributed by atoms with E-state index in [2.05, 4.69) is 5.32 Å². The van der Waals surface area contributed by atoms with Gasteiger partial charge in [0, 0.05) is 11.8 Å². The van der Waals surface area contributed by atoms with Crippen molar-refractivity contribution in [1.82, 2.24) is 0 Å². The summed E-state index contributed by atoms with van der Waals surface area (Å²) in [5, 5.41) is 2.55. The predicted octanol–water partition coefficient (Wildman–Crippen LogP) is 4.34. The van der Waals surface area contributed by atoms with Crippen LogP contribution in [0.1, 0.15) is 15.9 Å². The maximum atomic E-state index is 13.5. The Morgan fingerprint density at radius 3 is 2.31 bits per heavy atom. The summed E-state index contributed by atoms with van der Waals surface area (Å²) in [5.74, 6) is -2.89. The highest BCUT2D eigenvalue weighted by Gasteiger charge is 2.15. The Labute approximate surface area is 165 Å². The molecule has 0 aliphatic carbocycles. The van der Waals surface area contributed by atoms with Crippen molar-refractivity contribution in [3.05, 3.63) is 95.6 Å². The molecule has 0 spiro atoms. The highest BCUT2D eigenvalue weighted by atomic mass is 19.1. The van der Waals surface area contributed by atoms with Crippen LogP contribution in [0.3, 0.4) is 0 Å². The highest BCUT2D eigenvalue weighted by molar-refractivity contribution is 5.95. The van der Waals surface area contributed by atoms with E-state index in [1.807, 2.05) is 30.3 Å². The number of halogens is 2. The molecule has 5 nitrogen and oxygen atoms in total. The number of hydrogen-bond donors (Lipinski definition) is 1. The van der Waals surface area contributed by atoms with Crippen LogP contribution in [0.2, 0.25) is 0 Å². The van der Waals surface area contributed by atoms with Crippen molar-refractivity contribution in [1.29, 1.82) is 0 Å². The first-order valence-electron chi connectivity index (χ1n) is 8.70. The third kappa shape index (κ3) is 5.87. The summed E-state index contributed by atoms with van der Waals surface area (Å²) in [7, 11) is 0. The summed E-state index contributed by atoms with van der Waals surface area (Å²) in [6.45, 7) is -0.190. The molecule has 0 heterocycles. The number of carbonyl (C=O) groups is 2. The minimum absolute atomic E-state index is 0.419. The number of carbonyl (C=O) groups excluding carboxylic acids is 2. The summed E-state index contributed by atoms with van der Waals surface area (Å²) in [4.78, 5) is 23.7. The van der Waals surface area contributed by atoms with Gasteiger partial charge in [0.15, 0.2) is 6.61 Å². The fourth-order valence-electron chi connectivity index (χ4n) is 2.44. The molecule has 1 N–H and O–H groups in total. The van der Waals surface area contributed by atoms with E-state index in [1.54, 1.807) is 24.3 Å². The van der Waals surface area contributed by atoms with Crippen LogP contribution in [0, 0.1) is 11.6 Å². The number of anilines is 1. The zero-order valence-corrected chi connectivity index (χ0v) is 15.2. The first-order chi connectivity index (χ1) is 14.0. The van der Waals surface area contributed by atoms with Gasteiger partial charge in [-0.05, 0) is 42.0 Å². The third-order valence-corrected chi connectivity index (χ3v) is 3.87. The summed E-state index contributed by atoms with van der Waals surface area (Å²) >= 11 is 0. The van der Waals surface area contributed by atoms with Crippen LogP contribution < -0.4 is 10.1 Å². The molecule has 0 saturated carbocycles. The lowest BCUT2D eigenvalue weighted by Gasteiger charge is -2.09. The molecule has 0 unspecified atom stereocenters. The van der Waals surface area contributed by atoms with Crippen molar-refractivity contribution >= 4 is 17.6 Å². The second kappa shape index (κ2) is 9.45. The second-order valence-corrected chi connectivity index (χ2v) is 6.05. The monoisotopic (exact) mass is 397 g/mol. The first kappa shape index (κ1) is 20.0.